The summed E-state index contributed by atoms with van der Waals surface area (Å²) in [6.07, 6.45) is 2.01. The molecule has 0 saturated carbocycles. The minimum Gasteiger partial charge on any atom is -0.395 e. The molecule has 3 aromatic carbocycles. The molecule has 7 heteroatoms. The van der Waals surface area contributed by atoms with Crippen LogP contribution in [0.2, 0.25) is 0 Å². The Balaban J connectivity index is 1.45. The number of pyridine rings is 1. The number of hydrogen-bond donors (Lipinski definition) is 3. The van der Waals surface area contributed by atoms with Gasteiger partial charge in [-0.05, 0) is 76.1 Å². The van der Waals surface area contributed by atoms with Gasteiger partial charge >= 0.3 is 0 Å². The van der Waals surface area contributed by atoms with Gasteiger partial charge in [0.1, 0.15) is 0 Å². The van der Waals surface area contributed by atoms with E-state index in [2.05, 4.69) is 107 Å². The van der Waals surface area contributed by atoms with E-state index in [1.165, 1.54) is 44.5 Å². The number of benzene rings is 3. The van der Waals surface area contributed by atoms with E-state index in [0.717, 1.165) is 17.8 Å². The molecule has 0 atom stereocenters. The lowest BCUT2D eigenvalue weighted by molar-refractivity contribution is 0.210. The molecule has 0 amide bonds. The average Bonchev–Trinajstić information content (AvgIpc) is 3.36. The third-order valence-corrected chi connectivity index (χ3v) is 7.15. The maximum absolute atomic E-state index is 8.99. The monoisotopic (exact) mass is 521 g/mol. The molecule has 5 rings (SSSR count). The second-order valence-corrected chi connectivity index (χ2v) is 9.64. The summed E-state index contributed by atoms with van der Waals surface area (Å²) in [6.45, 7) is 7.16. The maximum atomic E-state index is 8.99. The lowest BCUT2D eigenvalue weighted by Crippen LogP contribution is -2.17. The summed E-state index contributed by atoms with van der Waals surface area (Å²) in [5.41, 5.74) is 11.6. The topological polar surface area (TPSA) is 83.7 Å². The molecule has 0 aliphatic rings. The van der Waals surface area contributed by atoms with Crippen molar-refractivity contribution in [3.05, 3.63) is 95.7 Å². The number of nitrogens with zero attached hydrogens (tertiary/aromatic N) is 3. The summed E-state index contributed by atoms with van der Waals surface area (Å²) in [7, 11) is 1.68. The average molecular weight is 522 g/mol. The van der Waals surface area contributed by atoms with Crippen molar-refractivity contribution in [3.63, 3.8) is 0 Å². The first-order valence-electron chi connectivity index (χ1n) is 13.3. The van der Waals surface area contributed by atoms with Gasteiger partial charge in [0.05, 0.1) is 13.2 Å². The van der Waals surface area contributed by atoms with Gasteiger partial charge in [-0.1, -0.05) is 60.7 Å². The third kappa shape index (κ3) is 5.71. The third-order valence-electron chi connectivity index (χ3n) is 7.15. The number of methoxy groups -OCH3 is 1. The summed E-state index contributed by atoms with van der Waals surface area (Å²) < 4.78 is 7.08. The Morgan fingerprint density at radius 1 is 0.795 bits per heavy atom. The highest BCUT2D eigenvalue weighted by atomic mass is 16.5. The highest BCUT2D eigenvalue weighted by Crippen LogP contribution is 2.37. The van der Waals surface area contributed by atoms with Gasteiger partial charge in [0.2, 0.25) is 5.95 Å². The zero-order chi connectivity index (χ0) is 27.2. The molecule has 3 N–H and O–H groups in total. The number of aliphatic hydroxyl groups excluding tert-OH is 1. The Labute approximate surface area is 229 Å². The van der Waals surface area contributed by atoms with Crippen LogP contribution in [0.4, 0.5) is 5.95 Å². The van der Waals surface area contributed by atoms with Crippen LogP contribution in [0.15, 0.2) is 79.0 Å². The molecule has 0 fully saturated rings. The van der Waals surface area contributed by atoms with Crippen LogP contribution in [-0.2, 0) is 11.3 Å². The van der Waals surface area contributed by atoms with Crippen LogP contribution in [0, 0.1) is 13.8 Å². The zero-order valence-electron chi connectivity index (χ0n) is 22.7. The summed E-state index contributed by atoms with van der Waals surface area (Å²) in [5.74, 6) is 0.709. The fraction of sp³-hybridized carbons (Fsp3) is 0.250. The molecular weight excluding hydrogens is 486 g/mol. The van der Waals surface area contributed by atoms with E-state index in [0.29, 0.717) is 25.6 Å². The number of aromatic nitrogens is 3. The molecule has 0 aliphatic heterocycles. The van der Waals surface area contributed by atoms with E-state index in [1.54, 1.807) is 7.11 Å². The minimum absolute atomic E-state index is 0.146. The van der Waals surface area contributed by atoms with E-state index in [4.69, 9.17) is 9.84 Å². The Morgan fingerprint density at radius 2 is 1.46 bits per heavy atom. The highest BCUT2D eigenvalue weighted by molar-refractivity contribution is 5.84. The smallest absolute Gasteiger partial charge is 0.229 e. The second kappa shape index (κ2) is 12.2. The van der Waals surface area contributed by atoms with Crippen molar-refractivity contribution in [3.8, 4) is 33.4 Å². The largest absolute Gasteiger partial charge is 0.395 e. The van der Waals surface area contributed by atoms with Crippen LogP contribution in [0.3, 0.4) is 0 Å². The standard InChI is InChI=1S/C32H35N5O2/c1-22-27(25-12-10-24(11-13-25)21-33-15-18-38)6-4-8-29(22)30-9-5-7-28(23(30)2)26-14-17-37-31(20-26)35-36-32(37)34-16-19-39-3/h4-14,17,20,33,38H,15-16,18-19,21H2,1-3H3,(H,34,36). The molecule has 7 nitrogen and oxygen atoms in total. The zero-order valence-corrected chi connectivity index (χ0v) is 22.7. The lowest BCUT2D eigenvalue weighted by Gasteiger charge is -2.17. The lowest BCUT2D eigenvalue weighted by atomic mass is 9.88. The van der Waals surface area contributed by atoms with E-state index >= 15 is 0 Å². The van der Waals surface area contributed by atoms with Crippen molar-refractivity contribution in [1.29, 1.82) is 0 Å². The molecule has 0 unspecified atom stereocenters. The Hall–Kier alpha value is -4.04. The van der Waals surface area contributed by atoms with Gasteiger partial charge in [0, 0.05) is 32.9 Å². The molecule has 5 aromatic rings. The first kappa shape index (κ1) is 26.6. The highest BCUT2D eigenvalue weighted by Gasteiger charge is 2.14. The van der Waals surface area contributed by atoms with Crippen LogP contribution in [0.1, 0.15) is 16.7 Å². The van der Waals surface area contributed by atoms with Gasteiger partial charge in [-0.25, -0.2) is 0 Å². The van der Waals surface area contributed by atoms with Crippen molar-refractivity contribution in [2.75, 3.05) is 38.7 Å². The van der Waals surface area contributed by atoms with Crippen LogP contribution >= 0.6 is 0 Å². The van der Waals surface area contributed by atoms with Crippen molar-refractivity contribution < 1.29 is 9.84 Å². The van der Waals surface area contributed by atoms with E-state index in [1.807, 2.05) is 10.6 Å². The Morgan fingerprint density at radius 3 is 2.13 bits per heavy atom. The van der Waals surface area contributed by atoms with Gasteiger partial charge in [0.15, 0.2) is 5.65 Å². The van der Waals surface area contributed by atoms with Crippen molar-refractivity contribution in [1.82, 2.24) is 19.9 Å². The maximum Gasteiger partial charge on any atom is 0.229 e. The van der Waals surface area contributed by atoms with Crippen molar-refractivity contribution >= 4 is 11.6 Å². The predicted octanol–water partition coefficient (Wildman–Crippen LogP) is 5.49. The molecule has 200 valence electrons. The predicted molar refractivity (Wildman–Crippen MR) is 158 cm³/mol. The van der Waals surface area contributed by atoms with E-state index in [-0.39, 0.29) is 6.61 Å². The van der Waals surface area contributed by atoms with Crippen LogP contribution in [0.25, 0.3) is 39.0 Å². The van der Waals surface area contributed by atoms with E-state index < -0.39 is 0 Å². The van der Waals surface area contributed by atoms with Crippen molar-refractivity contribution in [2.45, 2.75) is 20.4 Å². The molecule has 0 aliphatic carbocycles. The van der Waals surface area contributed by atoms with Gasteiger partial charge in [-0.2, -0.15) is 0 Å². The van der Waals surface area contributed by atoms with Gasteiger partial charge in [-0.15, -0.1) is 10.2 Å². The number of hydrogen-bond acceptors (Lipinski definition) is 6. The Bertz CT molecular complexity index is 1560. The fourth-order valence-electron chi connectivity index (χ4n) is 5.04. The van der Waals surface area contributed by atoms with Gasteiger partial charge in [0.25, 0.3) is 0 Å². The van der Waals surface area contributed by atoms with Gasteiger partial charge < -0.3 is 20.5 Å². The number of ether oxygens (including phenoxy) is 1. The first-order chi connectivity index (χ1) is 19.1. The van der Waals surface area contributed by atoms with Crippen LogP contribution in [0.5, 0.6) is 0 Å². The molecule has 0 saturated heterocycles. The summed E-state index contributed by atoms with van der Waals surface area (Å²) in [5, 5.41) is 24.2. The SMILES string of the molecule is COCCNc1nnc2cc(-c3cccc(-c4cccc(-c5ccc(CNCCO)cc5)c4C)c3C)ccn12. The summed E-state index contributed by atoms with van der Waals surface area (Å²) in [6, 6.07) is 25.9. The normalized spacial score (nSPS) is 11.3. The molecule has 2 aromatic heterocycles. The molecule has 2 heterocycles. The first-order valence-corrected chi connectivity index (χ1v) is 13.3. The molecule has 0 radical (unpaired) electrons. The molecule has 39 heavy (non-hydrogen) atoms. The van der Waals surface area contributed by atoms with Gasteiger partial charge in [-0.3, -0.25) is 4.40 Å². The fourth-order valence-corrected chi connectivity index (χ4v) is 5.04. The van der Waals surface area contributed by atoms with Crippen LogP contribution in [-0.4, -0.2) is 53.1 Å². The summed E-state index contributed by atoms with van der Waals surface area (Å²) >= 11 is 0. The number of nitrogens with one attached hydrogen (secondary N) is 2. The number of fused-ring (bicyclic) bond motifs is 1. The number of aliphatic hydroxyl groups is 1. The quantitative estimate of drug-likeness (QED) is 0.200. The number of anilines is 1. The van der Waals surface area contributed by atoms with E-state index in [9.17, 15) is 0 Å². The number of rotatable bonds is 11. The van der Waals surface area contributed by atoms with Crippen LogP contribution < -0.4 is 10.6 Å². The minimum atomic E-state index is 0.146. The molecule has 0 bridgehead atoms. The molecule has 0 spiro atoms. The Kier molecular flexibility index (Phi) is 8.32. The molecular formula is C32H35N5O2. The summed E-state index contributed by atoms with van der Waals surface area (Å²) in [4.78, 5) is 0. The van der Waals surface area contributed by atoms with Crippen molar-refractivity contribution in [2.24, 2.45) is 0 Å². The second-order valence-electron chi connectivity index (χ2n) is 9.64.